The fourth-order valence-electron chi connectivity index (χ4n) is 0.426. The second-order valence-corrected chi connectivity index (χ2v) is 2.30. The summed E-state index contributed by atoms with van der Waals surface area (Å²) in [5.74, 6) is 0.224. The summed E-state index contributed by atoms with van der Waals surface area (Å²) in [6.45, 7) is 4.15. The zero-order valence-electron chi connectivity index (χ0n) is 5.84. The topological polar surface area (TPSA) is 55.1 Å². The third-order valence-electron chi connectivity index (χ3n) is 1.01. The third-order valence-corrected chi connectivity index (χ3v) is 1.40. The van der Waals surface area contributed by atoms with E-state index in [1.165, 1.54) is 0 Å². The van der Waals surface area contributed by atoms with Gasteiger partial charge in [-0.3, -0.25) is 4.79 Å². The average Bonchev–Trinajstić information content (AvgIpc) is 1.98. The van der Waals surface area contributed by atoms with Gasteiger partial charge in [0.2, 0.25) is 5.91 Å². The van der Waals surface area contributed by atoms with Crippen LogP contribution in [0, 0.1) is 6.92 Å². The van der Waals surface area contributed by atoms with Crippen LogP contribution < -0.4 is 11.1 Å². The van der Waals surface area contributed by atoms with E-state index in [1.54, 1.807) is 0 Å². The molecule has 0 unspecified atom stereocenters. The van der Waals surface area contributed by atoms with Crippen molar-refractivity contribution in [3.05, 3.63) is 6.92 Å². The van der Waals surface area contributed by atoms with E-state index in [1.807, 2.05) is 0 Å². The monoisotopic (exact) mass is 161 g/mol. The highest BCUT2D eigenvalue weighted by molar-refractivity contribution is 7.80. The summed E-state index contributed by atoms with van der Waals surface area (Å²) in [4.78, 5) is 10.8. The first kappa shape index (κ1) is 9.78. The second kappa shape index (κ2) is 5.56. The molecule has 3 nitrogen and oxygen atoms in total. The molecule has 3 N–H and O–H groups in total. The molecule has 0 aromatic heterocycles. The Bertz CT molecular complexity index is 108. The Morgan fingerprint density at radius 2 is 2.40 bits per heavy atom. The van der Waals surface area contributed by atoms with Crippen LogP contribution in [0.1, 0.15) is 6.42 Å². The van der Waals surface area contributed by atoms with Crippen molar-refractivity contribution in [2.45, 2.75) is 12.5 Å². The molecule has 10 heavy (non-hydrogen) atoms. The molecular formula is C6H13N2OS. The van der Waals surface area contributed by atoms with Gasteiger partial charge in [0.25, 0.3) is 0 Å². The van der Waals surface area contributed by atoms with Crippen molar-refractivity contribution in [1.82, 2.24) is 5.32 Å². The van der Waals surface area contributed by atoms with Gasteiger partial charge in [-0.05, 0) is 6.42 Å². The Hall–Kier alpha value is -0.220. The van der Waals surface area contributed by atoms with E-state index in [9.17, 15) is 4.79 Å². The van der Waals surface area contributed by atoms with E-state index in [0.717, 1.165) is 0 Å². The molecule has 0 aliphatic heterocycles. The summed E-state index contributed by atoms with van der Waals surface area (Å²) in [7, 11) is 0. The van der Waals surface area contributed by atoms with Crippen LogP contribution >= 0.6 is 12.6 Å². The minimum Gasteiger partial charge on any atom is -0.355 e. The zero-order valence-corrected chi connectivity index (χ0v) is 6.73. The van der Waals surface area contributed by atoms with Crippen molar-refractivity contribution in [2.75, 3.05) is 12.3 Å². The molecule has 0 heterocycles. The molecule has 1 atom stereocenters. The highest BCUT2D eigenvalue weighted by Gasteiger charge is 2.08. The maximum Gasteiger partial charge on any atom is 0.237 e. The van der Waals surface area contributed by atoms with Gasteiger partial charge in [-0.25, -0.2) is 0 Å². The molecular weight excluding hydrogens is 148 g/mol. The van der Waals surface area contributed by atoms with Crippen molar-refractivity contribution < 1.29 is 4.79 Å². The minimum atomic E-state index is -0.491. The Labute approximate surface area is 66.8 Å². The van der Waals surface area contributed by atoms with Crippen LogP contribution in [0.4, 0.5) is 0 Å². The van der Waals surface area contributed by atoms with Gasteiger partial charge in [0, 0.05) is 12.3 Å². The summed E-state index contributed by atoms with van der Waals surface area (Å²) >= 11 is 3.88. The van der Waals surface area contributed by atoms with Crippen LogP contribution in [0.15, 0.2) is 0 Å². The SMILES string of the molecule is [CH2]CCNC(=O)[C@@H](N)CS. The molecule has 59 valence electrons. The number of amides is 1. The number of hydrogen-bond acceptors (Lipinski definition) is 3. The maximum absolute atomic E-state index is 10.8. The summed E-state index contributed by atoms with van der Waals surface area (Å²) in [6, 6.07) is -0.491. The zero-order chi connectivity index (χ0) is 7.98. The predicted octanol–water partition coefficient (Wildman–Crippen LogP) is -0.416. The van der Waals surface area contributed by atoms with Gasteiger partial charge in [-0.1, -0.05) is 6.92 Å². The largest absolute Gasteiger partial charge is 0.355 e. The van der Waals surface area contributed by atoms with Crippen LogP contribution in [0.2, 0.25) is 0 Å². The molecule has 0 fully saturated rings. The number of thiol groups is 1. The van der Waals surface area contributed by atoms with E-state index in [0.29, 0.717) is 18.7 Å². The molecule has 1 amide bonds. The number of carbonyl (C=O) groups excluding carboxylic acids is 1. The van der Waals surface area contributed by atoms with Gasteiger partial charge in [-0.2, -0.15) is 12.6 Å². The molecule has 0 rings (SSSR count). The lowest BCUT2D eigenvalue weighted by atomic mass is 10.3. The minimum absolute atomic E-state index is 0.154. The fraction of sp³-hybridized carbons (Fsp3) is 0.667. The van der Waals surface area contributed by atoms with E-state index in [2.05, 4.69) is 24.9 Å². The predicted molar refractivity (Wildman–Crippen MR) is 44.8 cm³/mol. The van der Waals surface area contributed by atoms with E-state index in [4.69, 9.17) is 5.73 Å². The van der Waals surface area contributed by atoms with Gasteiger partial charge in [0.15, 0.2) is 0 Å². The van der Waals surface area contributed by atoms with Gasteiger partial charge in [0.1, 0.15) is 0 Å². The quantitative estimate of drug-likeness (QED) is 0.491. The highest BCUT2D eigenvalue weighted by Crippen LogP contribution is 1.82. The number of nitrogens with one attached hydrogen (secondary N) is 1. The Balaban J connectivity index is 3.42. The molecule has 1 radical (unpaired) electrons. The average molecular weight is 161 g/mol. The summed E-state index contributed by atoms with van der Waals surface area (Å²) in [6.07, 6.45) is 0.686. The first-order chi connectivity index (χ1) is 4.72. The van der Waals surface area contributed by atoms with Crippen LogP contribution in [0.25, 0.3) is 0 Å². The van der Waals surface area contributed by atoms with Crippen LogP contribution in [0.5, 0.6) is 0 Å². The van der Waals surface area contributed by atoms with E-state index in [-0.39, 0.29) is 5.91 Å². The van der Waals surface area contributed by atoms with Gasteiger partial charge in [0.05, 0.1) is 6.04 Å². The maximum atomic E-state index is 10.8. The van der Waals surface area contributed by atoms with E-state index < -0.39 is 6.04 Å². The lowest BCUT2D eigenvalue weighted by molar-refractivity contribution is -0.121. The Kier molecular flexibility index (Phi) is 5.43. The lowest BCUT2D eigenvalue weighted by Crippen LogP contribution is -2.42. The normalized spacial score (nSPS) is 12.7. The fourth-order valence-corrected chi connectivity index (χ4v) is 0.591. The van der Waals surface area contributed by atoms with Crippen molar-refractivity contribution in [2.24, 2.45) is 5.73 Å². The molecule has 0 spiro atoms. The second-order valence-electron chi connectivity index (χ2n) is 1.93. The number of rotatable bonds is 4. The molecule has 0 saturated carbocycles. The molecule has 0 aliphatic carbocycles. The van der Waals surface area contributed by atoms with Crippen molar-refractivity contribution in [3.8, 4) is 0 Å². The van der Waals surface area contributed by atoms with Crippen molar-refractivity contribution in [1.29, 1.82) is 0 Å². The number of hydrogen-bond donors (Lipinski definition) is 3. The standard InChI is InChI=1S/C6H13N2OS/c1-2-3-8-6(9)5(7)4-10/h5,10H,1-4,7H2,(H,8,9)/t5-/m0/s1. The molecule has 0 aliphatic rings. The van der Waals surface area contributed by atoms with Gasteiger partial charge < -0.3 is 11.1 Å². The summed E-state index contributed by atoms with van der Waals surface area (Å²) in [5, 5.41) is 2.61. The lowest BCUT2D eigenvalue weighted by Gasteiger charge is -2.07. The Morgan fingerprint density at radius 1 is 1.80 bits per heavy atom. The van der Waals surface area contributed by atoms with Gasteiger partial charge in [-0.15, -0.1) is 0 Å². The molecule has 0 aromatic carbocycles. The van der Waals surface area contributed by atoms with Crippen LogP contribution in [-0.2, 0) is 4.79 Å². The first-order valence-electron chi connectivity index (χ1n) is 3.15. The molecule has 0 bridgehead atoms. The molecule has 0 aromatic rings. The van der Waals surface area contributed by atoms with Crippen LogP contribution in [0.3, 0.4) is 0 Å². The number of nitrogens with two attached hydrogens (primary N) is 1. The smallest absolute Gasteiger partial charge is 0.237 e. The van der Waals surface area contributed by atoms with Crippen molar-refractivity contribution in [3.63, 3.8) is 0 Å². The van der Waals surface area contributed by atoms with Crippen LogP contribution in [-0.4, -0.2) is 24.2 Å². The Morgan fingerprint density at radius 3 is 2.80 bits per heavy atom. The number of carbonyl (C=O) groups is 1. The summed E-state index contributed by atoms with van der Waals surface area (Å²) < 4.78 is 0. The van der Waals surface area contributed by atoms with Crippen molar-refractivity contribution >= 4 is 18.5 Å². The van der Waals surface area contributed by atoms with Gasteiger partial charge >= 0.3 is 0 Å². The molecule has 4 heteroatoms. The highest BCUT2D eigenvalue weighted by atomic mass is 32.1. The third kappa shape index (κ3) is 3.74. The van der Waals surface area contributed by atoms with E-state index >= 15 is 0 Å². The molecule has 0 saturated heterocycles. The summed E-state index contributed by atoms with van der Waals surface area (Å²) in [5.41, 5.74) is 5.35. The first-order valence-corrected chi connectivity index (χ1v) is 3.79.